The van der Waals surface area contributed by atoms with Crippen molar-refractivity contribution in [3.05, 3.63) is 158 Å². The molecule has 0 fully saturated rings. The third kappa shape index (κ3) is 3.65. The highest BCUT2D eigenvalue weighted by atomic mass is 16.3. The number of fused-ring (bicyclic) bond motifs is 7. The lowest BCUT2D eigenvalue weighted by molar-refractivity contribution is 0.669. The number of benzene rings is 8. The highest BCUT2D eigenvalue weighted by Gasteiger charge is 2.18. The fraction of sp³-hybridized carbons (Fsp3) is 0. The van der Waals surface area contributed by atoms with Gasteiger partial charge in [-0.2, -0.15) is 0 Å². The Hall–Kier alpha value is -5.66. The average molecular weight is 547 g/mol. The number of rotatable bonds is 3. The molecule has 43 heavy (non-hydrogen) atoms. The van der Waals surface area contributed by atoms with E-state index in [-0.39, 0.29) is 0 Å². The van der Waals surface area contributed by atoms with Gasteiger partial charge in [0.15, 0.2) is 0 Å². The van der Waals surface area contributed by atoms with E-state index in [0.717, 1.165) is 16.6 Å². The SMILES string of the molecule is c1ccc(-c2c3ccccc3c(-c3ccc(-c4cc5oc6ccccc6c5c5ccccc45)cc3)c3ccccc23)cc1. The third-order valence-electron chi connectivity index (χ3n) is 8.86. The topological polar surface area (TPSA) is 13.1 Å². The van der Waals surface area contributed by atoms with E-state index >= 15 is 0 Å². The van der Waals surface area contributed by atoms with Crippen LogP contribution in [0.1, 0.15) is 0 Å². The summed E-state index contributed by atoms with van der Waals surface area (Å²) in [6.45, 7) is 0. The molecule has 1 heteroatoms. The minimum atomic E-state index is 0.924. The second-order valence-corrected chi connectivity index (χ2v) is 11.2. The number of para-hydroxylation sites is 1. The predicted molar refractivity (Wildman–Crippen MR) is 183 cm³/mol. The lowest BCUT2D eigenvalue weighted by Gasteiger charge is -2.18. The number of hydrogen-bond donors (Lipinski definition) is 0. The first-order valence-corrected chi connectivity index (χ1v) is 14.8. The predicted octanol–water partition coefficient (Wildman–Crippen LogP) is 12.0. The normalized spacial score (nSPS) is 11.7. The van der Waals surface area contributed by atoms with Crippen LogP contribution in [0.4, 0.5) is 0 Å². The Morgan fingerprint density at radius 3 is 1.35 bits per heavy atom. The second kappa shape index (κ2) is 9.44. The van der Waals surface area contributed by atoms with Gasteiger partial charge in [-0.05, 0) is 77.8 Å². The summed E-state index contributed by atoms with van der Waals surface area (Å²) >= 11 is 0. The Labute approximate surface area is 249 Å². The Morgan fingerprint density at radius 1 is 0.302 bits per heavy atom. The van der Waals surface area contributed by atoms with E-state index < -0.39 is 0 Å². The summed E-state index contributed by atoms with van der Waals surface area (Å²) in [4.78, 5) is 0. The summed E-state index contributed by atoms with van der Waals surface area (Å²) in [5.41, 5.74) is 9.22. The molecule has 1 heterocycles. The maximum absolute atomic E-state index is 6.36. The molecule has 0 aliphatic rings. The van der Waals surface area contributed by atoms with Crippen LogP contribution in [0.2, 0.25) is 0 Å². The highest BCUT2D eigenvalue weighted by Crippen LogP contribution is 2.45. The molecule has 0 bridgehead atoms. The monoisotopic (exact) mass is 546 g/mol. The van der Waals surface area contributed by atoms with Crippen molar-refractivity contribution in [3.8, 4) is 33.4 Å². The summed E-state index contributed by atoms with van der Waals surface area (Å²) in [5, 5.41) is 9.87. The molecular formula is C42H26O. The van der Waals surface area contributed by atoms with Crippen LogP contribution < -0.4 is 0 Å². The van der Waals surface area contributed by atoms with Crippen molar-refractivity contribution in [1.29, 1.82) is 0 Å². The van der Waals surface area contributed by atoms with E-state index in [1.165, 1.54) is 71.1 Å². The summed E-state index contributed by atoms with van der Waals surface area (Å²) in [6.07, 6.45) is 0. The average Bonchev–Trinajstić information content (AvgIpc) is 3.46. The highest BCUT2D eigenvalue weighted by molar-refractivity contribution is 6.23. The van der Waals surface area contributed by atoms with Crippen molar-refractivity contribution >= 4 is 54.3 Å². The van der Waals surface area contributed by atoms with Crippen LogP contribution in [0.5, 0.6) is 0 Å². The summed E-state index contributed by atoms with van der Waals surface area (Å²) in [5.74, 6) is 0. The molecular weight excluding hydrogens is 520 g/mol. The lowest BCUT2D eigenvalue weighted by Crippen LogP contribution is -1.91. The van der Waals surface area contributed by atoms with Crippen LogP contribution in [0, 0.1) is 0 Å². The van der Waals surface area contributed by atoms with Gasteiger partial charge in [0, 0.05) is 10.8 Å². The van der Waals surface area contributed by atoms with Crippen molar-refractivity contribution in [3.63, 3.8) is 0 Å². The van der Waals surface area contributed by atoms with E-state index in [0.29, 0.717) is 0 Å². The Balaban J connectivity index is 1.27. The van der Waals surface area contributed by atoms with E-state index in [9.17, 15) is 0 Å². The first-order chi connectivity index (χ1) is 21.3. The van der Waals surface area contributed by atoms with E-state index in [4.69, 9.17) is 4.42 Å². The van der Waals surface area contributed by atoms with Gasteiger partial charge in [-0.1, -0.05) is 146 Å². The van der Waals surface area contributed by atoms with Crippen LogP contribution in [0.15, 0.2) is 162 Å². The van der Waals surface area contributed by atoms with Gasteiger partial charge < -0.3 is 4.42 Å². The van der Waals surface area contributed by atoms with Crippen LogP contribution in [-0.4, -0.2) is 0 Å². The van der Waals surface area contributed by atoms with Gasteiger partial charge in [0.1, 0.15) is 11.2 Å². The quantitative estimate of drug-likeness (QED) is 0.201. The molecule has 0 unspecified atom stereocenters. The molecule has 0 aliphatic carbocycles. The minimum absolute atomic E-state index is 0.924. The summed E-state index contributed by atoms with van der Waals surface area (Å²) in [6, 6.07) is 56.7. The Morgan fingerprint density at radius 2 is 0.744 bits per heavy atom. The molecule has 0 aliphatic heterocycles. The summed E-state index contributed by atoms with van der Waals surface area (Å²) in [7, 11) is 0. The van der Waals surface area contributed by atoms with Gasteiger partial charge in [0.2, 0.25) is 0 Å². The molecule has 9 aromatic rings. The first kappa shape index (κ1) is 24.0. The van der Waals surface area contributed by atoms with Gasteiger partial charge in [0.25, 0.3) is 0 Å². The van der Waals surface area contributed by atoms with Gasteiger partial charge in [-0.15, -0.1) is 0 Å². The third-order valence-corrected chi connectivity index (χ3v) is 8.86. The fourth-order valence-electron chi connectivity index (χ4n) is 7.00. The van der Waals surface area contributed by atoms with Gasteiger partial charge in [0.05, 0.1) is 0 Å². The molecule has 0 N–H and O–H groups in total. The zero-order valence-corrected chi connectivity index (χ0v) is 23.4. The fourth-order valence-corrected chi connectivity index (χ4v) is 7.00. The van der Waals surface area contributed by atoms with Crippen LogP contribution >= 0.6 is 0 Å². The molecule has 0 amide bonds. The lowest BCUT2D eigenvalue weighted by atomic mass is 9.85. The zero-order valence-electron chi connectivity index (χ0n) is 23.4. The van der Waals surface area contributed by atoms with Gasteiger partial charge in [-0.3, -0.25) is 0 Å². The van der Waals surface area contributed by atoms with Crippen LogP contribution in [0.25, 0.3) is 87.6 Å². The largest absolute Gasteiger partial charge is 0.456 e. The number of furan rings is 1. The van der Waals surface area contributed by atoms with Crippen molar-refractivity contribution in [1.82, 2.24) is 0 Å². The molecule has 1 nitrogen and oxygen atoms in total. The van der Waals surface area contributed by atoms with Crippen LogP contribution in [-0.2, 0) is 0 Å². The van der Waals surface area contributed by atoms with E-state index in [2.05, 4.69) is 152 Å². The minimum Gasteiger partial charge on any atom is -0.456 e. The van der Waals surface area contributed by atoms with E-state index in [1.807, 2.05) is 6.07 Å². The molecule has 0 atom stereocenters. The Bertz CT molecular complexity index is 2420. The molecule has 8 aromatic carbocycles. The molecule has 200 valence electrons. The molecule has 9 rings (SSSR count). The maximum Gasteiger partial charge on any atom is 0.136 e. The molecule has 0 radical (unpaired) electrons. The zero-order chi connectivity index (χ0) is 28.3. The maximum atomic E-state index is 6.36. The first-order valence-electron chi connectivity index (χ1n) is 14.8. The summed E-state index contributed by atoms with van der Waals surface area (Å²) < 4.78 is 6.36. The van der Waals surface area contributed by atoms with E-state index in [1.54, 1.807) is 0 Å². The molecule has 1 aromatic heterocycles. The van der Waals surface area contributed by atoms with Crippen molar-refractivity contribution in [2.45, 2.75) is 0 Å². The Kier molecular flexibility index (Phi) is 5.27. The van der Waals surface area contributed by atoms with Gasteiger partial charge in [-0.25, -0.2) is 0 Å². The van der Waals surface area contributed by atoms with Crippen molar-refractivity contribution in [2.75, 3.05) is 0 Å². The second-order valence-electron chi connectivity index (χ2n) is 11.2. The van der Waals surface area contributed by atoms with Crippen molar-refractivity contribution < 1.29 is 4.42 Å². The van der Waals surface area contributed by atoms with Gasteiger partial charge >= 0.3 is 0 Å². The number of hydrogen-bond acceptors (Lipinski definition) is 1. The smallest absolute Gasteiger partial charge is 0.136 e. The molecule has 0 saturated heterocycles. The van der Waals surface area contributed by atoms with Crippen LogP contribution in [0.3, 0.4) is 0 Å². The van der Waals surface area contributed by atoms with Crippen molar-refractivity contribution in [2.24, 2.45) is 0 Å². The molecule has 0 saturated carbocycles. The molecule has 0 spiro atoms. The standard InChI is InChI=1S/C42H26O/c1-2-12-28(13-3-1)40-32-16-6-8-18-34(32)41(35-19-9-7-17-33(35)40)29-24-22-27(23-25-29)37-26-39-42(31-15-5-4-14-30(31)37)36-20-10-11-21-38(36)43-39/h1-26H.